The van der Waals surface area contributed by atoms with Crippen molar-refractivity contribution in [3.63, 3.8) is 0 Å². The smallest absolute Gasteiger partial charge is 0.249 e. The van der Waals surface area contributed by atoms with Crippen molar-refractivity contribution in [2.75, 3.05) is 4.90 Å². The van der Waals surface area contributed by atoms with Crippen LogP contribution < -0.4 is 4.90 Å². The molecule has 29 heavy (non-hydrogen) atoms. The SMILES string of the molecule is Cc1ccc([C@H]2C=C(c3ccccc3)N(c3ccc(C)cc3)C(=O)[C@@H]2C#N)cc1. The van der Waals surface area contributed by atoms with Crippen LogP contribution in [0.4, 0.5) is 5.69 Å². The Morgan fingerprint density at radius 3 is 2.00 bits per heavy atom. The van der Waals surface area contributed by atoms with Crippen molar-refractivity contribution in [1.82, 2.24) is 0 Å². The number of carbonyl (C=O) groups is 1. The van der Waals surface area contributed by atoms with Gasteiger partial charge in [0.15, 0.2) is 0 Å². The highest BCUT2D eigenvalue weighted by Crippen LogP contribution is 2.40. The van der Waals surface area contributed by atoms with Crippen LogP contribution in [0.25, 0.3) is 5.70 Å². The fourth-order valence-corrected chi connectivity index (χ4v) is 3.76. The molecule has 1 aliphatic heterocycles. The first-order chi connectivity index (χ1) is 14.1. The Kier molecular flexibility index (Phi) is 5.01. The maximum absolute atomic E-state index is 13.5. The minimum absolute atomic E-state index is 0.191. The third-order valence-electron chi connectivity index (χ3n) is 5.39. The van der Waals surface area contributed by atoms with Gasteiger partial charge >= 0.3 is 0 Å². The van der Waals surface area contributed by atoms with Crippen molar-refractivity contribution in [3.05, 3.63) is 107 Å². The molecule has 3 nitrogen and oxygen atoms in total. The third kappa shape index (κ3) is 3.58. The Balaban J connectivity index is 1.90. The first-order valence-corrected chi connectivity index (χ1v) is 9.72. The second kappa shape index (κ2) is 7.77. The maximum Gasteiger partial charge on any atom is 0.249 e. The molecule has 0 aromatic heterocycles. The Labute approximate surface area is 171 Å². The van der Waals surface area contributed by atoms with Gasteiger partial charge in [-0.15, -0.1) is 0 Å². The summed E-state index contributed by atoms with van der Waals surface area (Å²) < 4.78 is 0. The summed E-state index contributed by atoms with van der Waals surface area (Å²) in [6, 6.07) is 28.1. The number of amides is 1. The number of nitriles is 1. The zero-order chi connectivity index (χ0) is 20.4. The molecule has 1 amide bonds. The van der Waals surface area contributed by atoms with Crippen molar-refractivity contribution in [3.8, 4) is 6.07 Å². The quantitative estimate of drug-likeness (QED) is 0.594. The van der Waals surface area contributed by atoms with Gasteiger partial charge in [0.2, 0.25) is 5.91 Å². The summed E-state index contributed by atoms with van der Waals surface area (Å²) >= 11 is 0. The van der Waals surface area contributed by atoms with Crippen LogP contribution in [0.3, 0.4) is 0 Å². The van der Waals surface area contributed by atoms with E-state index in [4.69, 9.17) is 0 Å². The predicted octanol–water partition coefficient (Wildman–Crippen LogP) is 5.61. The van der Waals surface area contributed by atoms with E-state index < -0.39 is 5.92 Å². The van der Waals surface area contributed by atoms with Crippen molar-refractivity contribution in [1.29, 1.82) is 5.26 Å². The third-order valence-corrected chi connectivity index (χ3v) is 5.39. The Morgan fingerprint density at radius 2 is 1.41 bits per heavy atom. The molecule has 0 saturated carbocycles. The van der Waals surface area contributed by atoms with Crippen molar-refractivity contribution in [2.45, 2.75) is 19.8 Å². The molecule has 142 valence electrons. The Morgan fingerprint density at radius 1 is 0.828 bits per heavy atom. The fraction of sp³-hybridized carbons (Fsp3) is 0.154. The van der Waals surface area contributed by atoms with E-state index in [-0.39, 0.29) is 11.8 Å². The van der Waals surface area contributed by atoms with E-state index >= 15 is 0 Å². The van der Waals surface area contributed by atoms with Gasteiger partial charge in [-0.05, 0) is 37.1 Å². The normalized spacial score (nSPS) is 18.9. The minimum Gasteiger partial charge on any atom is -0.280 e. The average molecular weight is 378 g/mol. The van der Waals surface area contributed by atoms with Crippen LogP contribution >= 0.6 is 0 Å². The molecule has 3 aromatic rings. The van der Waals surface area contributed by atoms with Crippen LogP contribution in [-0.2, 0) is 4.79 Å². The molecular formula is C26H22N2O. The lowest BCUT2D eigenvalue weighted by Crippen LogP contribution is -2.40. The highest BCUT2D eigenvalue weighted by Gasteiger charge is 2.39. The van der Waals surface area contributed by atoms with Crippen molar-refractivity contribution >= 4 is 17.3 Å². The van der Waals surface area contributed by atoms with Gasteiger partial charge in [-0.1, -0.05) is 83.9 Å². The Hall–Kier alpha value is -3.64. The number of hydrogen-bond acceptors (Lipinski definition) is 2. The van der Waals surface area contributed by atoms with Crippen LogP contribution in [0, 0.1) is 31.1 Å². The summed E-state index contributed by atoms with van der Waals surface area (Å²) in [6.07, 6.45) is 2.06. The number of aryl methyl sites for hydroxylation is 2. The molecule has 3 heteroatoms. The molecule has 3 aromatic carbocycles. The molecule has 0 radical (unpaired) electrons. The van der Waals surface area contributed by atoms with Crippen molar-refractivity contribution in [2.24, 2.45) is 5.92 Å². The molecule has 1 aliphatic rings. The first-order valence-electron chi connectivity index (χ1n) is 9.72. The summed E-state index contributed by atoms with van der Waals surface area (Å²) in [5, 5.41) is 9.89. The van der Waals surface area contributed by atoms with E-state index in [9.17, 15) is 10.1 Å². The lowest BCUT2D eigenvalue weighted by molar-refractivity contribution is -0.120. The van der Waals surface area contributed by atoms with E-state index in [0.29, 0.717) is 0 Å². The van der Waals surface area contributed by atoms with E-state index in [0.717, 1.165) is 33.6 Å². The molecular weight excluding hydrogens is 356 g/mol. The van der Waals surface area contributed by atoms with Gasteiger partial charge in [0, 0.05) is 11.6 Å². The van der Waals surface area contributed by atoms with E-state index in [1.165, 1.54) is 0 Å². The summed E-state index contributed by atoms with van der Waals surface area (Å²) in [6.45, 7) is 4.04. The maximum atomic E-state index is 13.5. The van der Waals surface area contributed by atoms with Crippen LogP contribution in [0.1, 0.15) is 28.2 Å². The number of anilines is 1. The molecule has 0 bridgehead atoms. The van der Waals surface area contributed by atoms with E-state index in [1.54, 1.807) is 4.90 Å². The highest BCUT2D eigenvalue weighted by molar-refractivity contribution is 6.10. The van der Waals surface area contributed by atoms with E-state index in [2.05, 4.69) is 12.1 Å². The molecule has 0 aliphatic carbocycles. The molecule has 1 heterocycles. The van der Waals surface area contributed by atoms with Gasteiger partial charge in [0.25, 0.3) is 0 Å². The largest absolute Gasteiger partial charge is 0.280 e. The summed E-state index contributed by atoms with van der Waals surface area (Å²) in [7, 11) is 0. The van der Waals surface area contributed by atoms with Gasteiger partial charge in [0.1, 0.15) is 5.92 Å². The zero-order valence-corrected chi connectivity index (χ0v) is 16.5. The fourth-order valence-electron chi connectivity index (χ4n) is 3.76. The lowest BCUT2D eigenvalue weighted by Gasteiger charge is -2.35. The molecule has 0 N–H and O–H groups in total. The molecule has 0 fully saturated rings. The first kappa shape index (κ1) is 18.7. The molecule has 0 saturated heterocycles. The van der Waals surface area contributed by atoms with Crippen LogP contribution in [0.15, 0.2) is 84.9 Å². The summed E-state index contributed by atoms with van der Waals surface area (Å²) in [5.41, 5.74) is 5.80. The van der Waals surface area contributed by atoms with Crippen LogP contribution in [0.2, 0.25) is 0 Å². The molecule has 2 atom stereocenters. The van der Waals surface area contributed by atoms with Gasteiger partial charge in [-0.2, -0.15) is 5.26 Å². The van der Waals surface area contributed by atoms with Gasteiger partial charge in [-0.3, -0.25) is 9.69 Å². The standard InChI is InChI=1S/C26H22N2O/c1-18-8-12-20(13-9-18)23-16-25(21-6-4-3-5-7-21)28(26(29)24(23)17-27)22-14-10-19(2)11-15-22/h3-16,23-24H,1-2H3/t23-,24-/m1/s1. The predicted molar refractivity (Wildman–Crippen MR) is 116 cm³/mol. The van der Waals surface area contributed by atoms with E-state index in [1.807, 2.05) is 92.7 Å². The number of benzene rings is 3. The molecule has 4 rings (SSSR count). The van der Waals surface area contributed by atoms with Crippen molar-refractivity contribution < 1.29 is 4.79 Å². The number of allylic oxidation sites excluding steroid dienone is 1. The van der Waals surface area contributed by atoms with Gasteiger partial charge in [0.05, 0.1) is 11.8 Å². The molecule has 0 unspecified atom stereocenters. The van der Waals surface area contributed by atoms with Gasteiger partial charge in [-0.25, -0.2) is 0 Å². The van der Waals surface area contributed by atoms with Crippen LogP contribution in [0.5, 0.6) is 0 Å². The number of nitrogens with zero attached hydrogens (tertiary/aromatic N) is 2. The molecule has 0 spiro atoms. The second-order valence-electron chi connectivity index (χ2n) is 7.47. The van der Waals surface area contributed by atoms with Gasteiger partial charge < -0.3 is 0 Å². The summed E-state index contributed by atoms with van der Waals surface area (Å²) in [5.74, 6) is -1.25. The van der Waals surface area contributed by atoms with Crippen LogP contribution in [-0.4, -0.2) is 5.91 Å². The zero-order valence-electron chi connectivity index (χ0n) is 16.5. The topological polar surface area (TPSA) is 44.1 Å². The highest BCUT2D eigenvalue weighted by atomic mass is 16.2. The summed E-state index contributed by atoms with van der Waals surface area (Å²) in [4.78, 5) is 15.2. The Bertz CT molecular complexity index is 1090. The second-order valence-corrected chi connectivity index (χ2v) is 7.47. The minimum atomic E-state index is -0.772. The number of hydrogen-bond donors (Lipinski definition) is 0. The monoisotopic (exact) mass is 378 g/mol. The average Bonchev–Trinajstić information content (AvgIpc) is 2.75. The number of rotatable bonds is 3. The number of carbonyl (C=O) groups excluding carboxylic acids is 1. The lowest BCUT2D eigenvalue weighted by atomic mass is 9.81.